The lowest BCUT2D eigenvalue weighted by Gasteiger charge is -2.23. The van der Waals surface area contributed by atoms with Gasteiger partial charge in [0.2, 0.25) is 29.5 Å². The van der Waals surface area contributed by atoms with Crippen LogP contribution in [-0.4, -0.2) is 116 Å². The molecule has 0 unspecified atom stereocenters. The fourth-order valence-corrected chi connectivity index (χ4v) is 6.01. The Kier molecular flexibility index (Phi) is 20.3. The maximum atomic E-state index is 13.2. The summed E-state index contributed by atoms with van der Waals surface area (Å²) < 4.78 is 0. The van der Waals surface area contributed by atoms with Gasteiger partial charge in [0.25, 0.3) is 11.8 Å². The van der Waals surface area contributed by atoms with Crippen LogP contribution in [0.3, 0.4) is 0 Å². The summed E-state index contributed by atoms with van der Waals surface area (Å²) in [5.41, 5.74) is 5.72. The molecule has 0 spiro atoms. The van der Waals surface area contributed by atoms with E-state index in [2.05, 4.69) is 21.3 Å². The lowest BCUT2D eigenvalue weighted by molar-refractivity contribution is -0.166. The summed E-state index contributed by atoms with van der Waals surface area (Å²) in [7, 11) is 0. The van der Waals surface area contributed by atoms with Gasteiger partial charge in [-0.2, -0.15) is 0 Å². The second-order valence-electron chi connectivity index (χ2n) is 14.0. The molecule has 3 aromatic carbocycles. The summed E-state index contributed by atoms with van der Waals surface area (Å²) >= 11 is 0. The molecule has 11 N–H and O–H groups in total. The molecule has 0 aliphatic carbocycles. The van der Waals surface area contributed by atoms with Crippen LogP contribution in [-0.2, 0) is 24.0 Å². The van der Waals surface area contributed by atoms with Gasteiger partial charge < -0.3 is 52.3 Å². The predicted octanol–water partition coefficient (Wildman–Crippen LogP) is 2.08. The van der Waals surface area contributed by atoms with E-state index in [1.54, 1.807) is 35.2 Å². The van der Waals surface area contributed by atoms with Crippen molar-refractivity contribution in [3.8, 4) is 23.0 Å². The van der Waals surface area contributed by atoms with Crippen LogP contribution >= 0.6 is 0 Å². The molecule has 0 aromatic heterocycles. The van der Waals surface area contributed by atoms with Gasteiger partial charge in [0.1, 0.15) is 6.04 Å². The van der Waals surface area contributed by atoms with Crippen molar-refractivity contribution in [2.45, 2.75) is 70.3 Å². The summed E-state index contributed by atoms with van der Waals surface area (Å²) in [5.74, 6) is -5.82. The number of nitrogens with one attached hydrogen (secondary N) is 4. The first-order valence-electron chi connectivity index (χ1n) is 19.9. The molecule has 0 fully saturated rings. The first kappa shape index (κ1) is 48.5. The zero-order valence-electron chi connectivity index (χ0n) is 33.8. The third-order valence-electron chi connectivity index (χ3n) is 9.41. The van der Waals surface area contributed by atoms with E-state index in [1.807, 2.05) is 0 Å². The molecule has 0 aliphatic heterocycles. The standard InChI is InChI=1S/C42H55N7O12/c43-40(58)37(28-12-3-1-4-13-28)47-34(53)19-21-36(55)49(61)27-7-2-5-22-44-33(52)18-20-35(54)48(26-11-24-46-42(60)30-15-10-17-32(51)39(30)57)25-8-6-23-45-41(59)29-14-9-16-31(50)38(29)56/h1,3-4,9-10,12-17,37,50-51,56-57,61H,2,5-8,11,18-27H2,(H2,43,58)(H,44,52)(H,45,59)(H,46,60)(H,47,53)/t37-/m1/s1. The number of unbranched alkanes of at least 4 members (excludes halogenated alkanes) is 3. The SMILES string of the molecule is NC(=O)[C@H](NC(=O)CCC(=O)N(O)CCCCCNC(=O)CCC(=O)N(CCCCNC(=O)c1cccc(O)c1O)CCCNC(=O)c1cccc(O)c1O)c1ccccc1. The number of phenols is 4. The Hall–Kier alpha value is -6.89. The minimum atomic E-state index is -1.06. The fourth-order valence-electron chi connectivity index (χ4n) is 6.01. The summed E-state index contributed by atoms with van der Waals surface area (Å²) in [6, 6.07) is 15.4. The van der Waals surface area contributed by atoms with Crippen LogP contribution in [0.4, 0.5) is 0 Å². The first-order valence-corrected chi connectivity index (χ1v) is 19.9. The Balaban J connectivity index is 1.36. The van der Waals surface area contributed by atoms with Gasteiger partial charge >= 0.3 is 0 Å². The van der Waals surface area contributed by atoms with Gasteiger partial charge in [0.05, 0.1) is 11.1 Å². The van der Waals surface area contributed by atoms with Gasteiger partial charge in [-0.3, -0.25) is 38.8 Å². The van der Waals surface area contributed by atoms with Gasteiger partial charge in [-0.15, -0.1) is 0 Å². The minimum Gasteiger partial charge on any atom is -0.504 e. The van der Waals surface area contributed by atoms with E-state index in [1.165, 1.54) is 36.4 Å². The number of carbonyl (C=O) groups is 7. The van der Waals surface area contributed by atoms with Gasteiger partial charge in [-0.25, -0.2) is 5.06 Å². The minimum absolute atomic E-state index is 0.00218. The molecule has 3 rings (SSSR count). The van der Waals surface area contributed by atoms with Gasteiger partial charge in [-0.1, -0.05) is 42.5 Å². The molecule has 19 nitrogen and oxygen atoms in total. The number of hydrogen-bond acceptors (Lipinski definition) is 12. The number of nitrogens with two attached hydrogens (primary N) is 1. The highest BCUT2D eigenvalue weighted by molar-refractivity contribution is 5.98. The molecule has 61 heavy (non-hydrogen) atoms. The molecule has 3 aromatic rings. The normalized spacial score (nSPS) is 11.2. The van der Waals surface area contributed by atoms with Crippen LogP contribution in [0.2, 0.25) is 0 Å². The van der Waals surface area contributed by atoms with Crippen molar-refractivity contribution >= 4 is 41.4 Å². The molecule has 0 aliphatic rings. The molecule has 19 heteroatoms. The third kappa shape index (κ3) is 16.7. The van der Waals surface area contributed by atoms with Gasteiger partial charge in [0, 0.05) is 65.0 Å². The number of hydrogen-bond donors (Lipinski definition) is 10. The Bertz CT molecular complexity index is 1960. The number of hydroxylamine groups is 2. The number of carbonyl (C=O) groups excluding carboxylic acids is 7. The van der Waals surface area contributed by atoms with Crippen LogP contribution in [0.15, 0.2) is 66.7 Å². The number of para-hydroxylation sites is 2. The average molecular weight is 850 g/mol. The quantitative estimate of drug-likeness (QED) is 0.0240. The lowest BCUT2D eigenvalue weighted by atomic mass is 10.1. The number of amides is 7. The zero-order chi connectivity index (χ0) is 44.7. The van der Waals surface area contributed by atoms with Crippen LogP contribution in [0, 0.1) is 0 Å². The van der Waals surface area contributed by atoms with Crippen LogP contribution in [0.5, 0.6) is 23.0 Å². The van der Waals surface area contributed by atoms with E-state index in [0.29, 0.717) is 55.7 Å². The van der Waals surface area contributed by atoms with Gasteiger partial charge in [0.15, 0.2) is 23.0 Å². The summed E-state index contributed by atoms with van der Waals surface area (Å²) in [6.07, 6.45) is 1.99. The van der Waals surface area contributed by atoms with E-state index in [4.69, 9.17) is 5.73 Å². The molecule has 330 valence electrons. The number of aromatic hydroxyl groups is 4. The van der Waals surface area contributed by atoms with Crippen molar-refractivity contribution in [1.82, 2.24) is 31.2 Å². The van der Waals surface area contributed by atoms with Crippen molar-refractivity contribution in [3.05, 3.63) is 83.4 Å². The van der Waals surface area contributed by atoms with Crippen molar-refractivity contribution in [1.29, 1.82) is 0 Å². The summed E-state index contributed by atoms with van der Waals surface area (Å²) in [6.45, 7) is 1.13. The molecule has 0 saturated carbocycles. The van der Waals surface area contributed by atoms with E-state index in [9.17, 15) is 59.2 Å². The molecule has 0 radical (unpaired) electrons. The lowest BCUT2D eigenvalue weighted by Crippen LogP contribution is -2.38. The van der Waals surface area contributed by atoms with Gasteiger partial charge in [-0.05, 0) is 68.4 Å². The van der Waals surface area contributed by atoms with E-state index in [0.717, 1.165) is 0 Å². The fraction of sp³-hybridized carbons (Fsp3) is 0.405. The maximum absolute atomic E-state index is 13.2. The zero-order valence-corrected chi connectivity index (χ0v) is 33.8. The average Bonchev–Trinajstić information content (AvgIpc) is 3.24. The van der Waals surface area contributed by atoms with Crippen LogP contribution in [0.25, 0.3) is 0 Å². The number of rotatable bonds is 26. The van der Waals surface area contributed by atoms with Crippen LogP contribution < -0.4 is 27.0 Å². The Morgan fingerprint density at radius 3 is 1.66 bits per heavy atom. The van der Waals surface area contributed by atoms with Crippen LogP contribution in [0.1, 0.15) is 96.5 Å². The molecule has 0 bridgehead atoms. The second kappa shape index (κ2) is 25.6. The highest BCUT2D eigenvalue weighted by Gasteiger charge is 2.22. The van der Waals surface area contributed by atoms with E-state index in [-0.39, 0.29) is 81.3 Å². The first-order chi connectivity index (χ1) is 29.2. The van der Waals surface area contributed by atoms with Crippen molar-refractivity contribution in [2.24, 2.45) is 5.73 Å². The molecule has 0 saturated heterocycles. The molecule has 0 heterocycles. The number of primary amides is 1. The topological polar surface area (TPSA) is 301 Å². The monoisotopic (exact) mass is 849 g/mol. The summed E-state index contributed by atoms with van der Waals surface area (Å²) in [5, 5.41) is 60.4. The highest BCUT2D eigenvalue weighted by Crippen LogP contribution is 2.29. The molecule has 7 amide bonds. The predicted molar refractivity (Wildman–Crippen MR) is 220 cm³/mol. The molecular formula is C42H55N7O12. The number of nitrogens with zero attached hydrogens (tertiary/aromatic N) is 2. The maximum Gasteiger partial charge on any atom is 0.255 e. The second-order valence-corrected chi connectivity index (χ2v) is 14.0. The number of phenolic OH excluding ortho intramolecular Hbond substituents is 4. The smallest absolute Gasteiger partial charge is 0.255 e. The Morgan fingerprint density at radius 2 is 1.05 bits per heavy atom. The molecule has 1 atom stereocenters. The van der Waals surface area contributed by atoms with Crippen molar-refractivity contribution in [3.63, 3.8) is 0 Å². The molecular weight excluding hydrogens is 794 g/mol. The largest absolute Gasteiger partial charge is 0.504 e. The number of benzene rings is 3. The summed E-state index contributed by atoms with van der Waals surface area (Å²) in [4.78, 5) is 88.8. The Morgan fingerprint density at radius 1 is 0.541 bits per heavy atom. The van der Waals surface area contributed by atoms with Crippen molar-refractivity contribution in [2.75, 3.05) is 39.3 Å². The van der Waals surface area contributed by atoms with E-state index < -0.39 is 58.6 Å². The highest BCUT2D eigenvalue weighted by atomic mass is 16.5. The van der Waals surface area contributed by atoms with E-state index >= 15 is 0 Å². The third-order valence-corrected chi connectivity index (χ3v) is 9.41. The van der Waals surface area contributed by atoms with Crippen molar-refractivity contribution < 1.29 is 59.2 Å². The Labute approximate surface area is 352 Å².